The number of methoxy groups -OCH3 is 1. The minimum absolute atomic E-state index is 0.318. The van der Waals surface area contributed by atoms with Crippen LogP contribution in [-0.2, 0) is 4.74 Å². The van der Waals surface area contributed by atoms with Gasteiger partial charge in [0.25, 0.3) is 5.91 Å². The molecule has 0 unspecified atom stereocenters. The Morgan fingerprint density at radius 3 is 2.74 bits per heavy atom. The van der Waals surface area contributed by atoms with Gasteiger partial charge in [0.15, 0.2) is 0 Å². The topological polar surface area (TPSA) is 97.2 Å². The number of aromatic amines is 1. The van der Waals surface area contributed by atoms with Crippen LogP contribution in [-0.4, -0.2) is 24.0 Å². The van der Waals surface area contributed by atoms with Crippen molar-refractivity contribution in [2.24, 2.45) is 0 Å². The summed E-state index contributed by atoms with van der Waals surface area (Å²) in [4.78, 5) is 26.1. The number of anilines is 2. The Morgan fingerprint density at radius 1 is 1.32 bits per heavy atom. The van der Waals surface area contributed by atoms with Crippen LogP contribution in [0.15, 0.2) is 36.5 Å². The van der Waals surface area contributed by atoms with Crippen LogP contribution in [0.3, 0.4) is 0 Å². The first-order valence-corrected chi connectivity index (χ1v) is 5.54. The molecular weight excluding hydrogens is 246 g/mol. The summed E-state index contributed by atoms with van der Waals surface area (Å²) in [6.45, 7) is 0. The SMILES string of the molecule is COC(=O)c1ccc(N)c(NC(=O)c2ccc[nH]2)c1. The van der Waals surface area contributed by atoms with Gasteiger partial charge in [0, 0.05) is 6.20 Å². The predicted octanol–water partition coefficient (Wildman–Crippen LogP) is 1.64. The van der Waals surface area contributed by atoms with Gasteiger partial charge in [-0.15, -0.1) is 0 Å². The van der Waals surface area contributed by atoms with E-state index in [9.17, 15) is 9.59 Å². The summed E-state index contributed by atoms with van der Waals surface area (Å²) >= 11 is 0. The van der Waals surface area contributed by atoms with Crippen molar-refractivity contribution in [1.29, 1.82) is 0 Å². The molecule has 98 valence electrons. The van der Waals surface area contributed by atoms with Crippen LogP contribution in [0.4, 0.5) is 11.4 Å². The second kappa shape index (κ2) is 5.26. The standard InChI is InChI=1S/C13H13N3O3/c1-19-13(18)8-4-5-9(14)11(7-8)16-12(17)10-3-2-6-15-10/h2-7,15H,14H2,1H3,(H,16,17). The van der Waals surface area contributed by atoms with Gasteiger partial charge < -0.3 is 20.8 Å². The first kappa shape index (κ1) is 12.7. The number of ether oxygens (including phenoxy) is 1. The fraction of sp³-hybridized carbons (Fsp3) is 0.0769. The molecule has 2 aromatic rings. The van der Waals surface area contributed by atoms with Gasteiger partial charge in [0.05, 0.1) is 24.0 Å². The Morgan fingerprint density at radius 2 is 2.11 bits per heavy atom. The molecule has 1 amide bonds. The van der Waals surface area contributed by atoms with Gasteiger partial charge in [-0.05, 0) is 30.3 Å². The summed E-state index contributed by atoms with van der Waals surface area (Å²) in [5.41, 5.74) is 7.21. The Balaban J connectivity index is 2.24. The third-order valence-electron chi connectivity index (χ3n) is 2.57. The number of esters is 1. The van der Waals surface area contributed by atoms with Gasteiger partial charge in [-0.3, -0.25) is 4.79 Å². The molecule has 1 aromatic carbocycles. The van der Waals surface area contributed by atoms with E-state index in [0.29, 0.717) is 22.6 Å². The molecule has 0 spiro atoms. The molecule has 0 bridgehead atoms. The van der Waals surface area contributed by atoms with Crippen molar-refractivity contribution in [3.8, 4) is 0 Å². The number of rotatable bonds is 3. The molecule has 0 saturated carbocycles. The zero-order valence-electron chi connectivity index (χ0n) is 10.3. The lowest BCUT2D eigenvalue weighted by Gasteiger charge is -2.09. The fourth-order valence-electron chi connectivity index (χ4n) is 1.57. The summed E-state index contributed by atoms with van der Waals surface area (Å²) in [5.74, 6) is -0.825. The largest absolute Gasteiger partial charge is 0.465 e. The normalized spacial score (nSPS) is 9.95. The van der Waals surface area contributed by atoms with E-state index < -0.39 is 5.97 Å². The lowest BCUT2D eigenvalue weighted by molar-refractivity contribution is 0.0600. The highest BCUT2D eigenvalue weighted by molar-refractivity contribution is 6.05. The lowest BCUT2D eigenvalue weighted by Crippen LogP contribution is -2.14. The van der Waals surface area contributed by atoms with Crippen LogP contribution in [0.2, 0.25) is 0 Å². The molecule has 2 rings (SSSR count). The van der Waals surface area contributed by atoms with Crippen molar-refractivity contribution in [3.05, 3.63) is 47.8 Å². The van der Waals surface area contributed by atoms with Crippen molar-refractivity contribution in [2.75, 3.05) is 18.2 Å². The average Bonchev–Trinajstić information content (AvgIpc) is 2.94. The fourth-order valence-corrected chi connectivity index (χ4v) is 1.57. The number of hydrogen-bond donors (Lipinski definition) is 3. The van der Waals surface area contributed by atoms with Gasteiger partial charge in [-0.25, -0.2) is 4.79 Å². The van der Waals surface area contributed by atoms with Gasteiger partial charge in [0.2, 0.25) is 0 Å². The molecule has 0 aliphatic heterocycles. The number of H-pyrrole nitrogens is 1. The molecule has 0 atom stereocenters. The number of aromatic nitrogens is 1. The van der Waals surface area contributed by atoms with E-state index in [4.69, 9.17) is 5.73 Å². The van der Waals surface area contributed by atoms with Crippen LogP contribution in [0.5, 0.6) is 0 Å². The van der Waals surface area contributed by atoms with E-state index in [0.717, 1.165) is 0 Å². The van der Waals surface area contributed by atoms with Crippen LogP contribution in [0.25, 0.3) is 0 Å². The lowest BCUT2D eigenvalue weighted by atomic mass is 10.1. The van der Waals surface area contributed by atoms with Crippen LogP contribution in [0, 0.1) is 0 Å². The molecule has 0 aliphatic carbocycles. The summed E-state index contributed by atoms with van der Waals surface area (Å²) in [6, 6.07) is 7.89. The van der Waals surface area contributed by atoms with E-state index >= 15 is 0 Å². The number of amides is 1. The maximum absolute atomic E-state index is 11.9. The summed E-state index contributed by atoms with van der Waals surface area (Å²) in [5, 5.41) is 2.63. The average molecular weight is 259 g/mol. The zero-order chi connectivity index (χ0) is 13.8. The van der Waals surface area contributed by atoms with Gasteiger partial charge in [0.1, 0.15) is 5.69 Å². The molecular formula is C13H13N3O3. The van der Waals surface area contributed by atoms with Crippen molar-refractivity contribution in [3.63, 3.8) is 0 Å². The second-order valence-corrected chi connectivity index (χ2v) is 3.83. The zero-order valence-corrected chi connectivity index (χ0v) is 10.3. The number of nitrogens with two attached hydrogens (primary N) is 1. The minimum atomic E-state index is -0.490. The summed E-state index contributed by atoms with van der Waals surface area (Å²) in [7, 11) is 1.29. The smallest absolute Gasteiger partial charge is 0.337 e. The number of benzene rings is 1. The second-order valence-electron chi connectivity index (χ2n) is 3.83. The number of carbonyl (C=O) groups excluding carboxylic acids is 2. The number of carbonyl (C=O) groups is 2. The van der Waals surface area contributed by atoms with Crippen molar-refractivity contribution >= 4 is 23.3 Å². The summed E-state index contributed by atoms with van der Waals surface area (Å²) < 4.78 is 4.61. The Hall–Kier alpha value is -2.76. The molecule has 4 N–H and O–H groups in total. The highest BCUT2D eigenvalue weighted by Gasteiger charge is 2.12. The van der Waals surface area contributed by atoms with E-state index in [1.807, 2.05) is 0 Å². The third-order valence-corrected chi connectivity index (χ3v) is 2.57. The van der Waals surface area contributed by atoms with E-state index in [1.54, 1.807) is 18.3 Å². The monoisotopic (exact) mass is 259 g/mol. The van der Waals surface area contributed by atoms with E-state index in [1.165, 1.54) is 25.3 Å². The third kappa shape index (κ3) is 2.74. The number of hydrogen-bond acceptors (Lipinski definition) is 4. The first-order chi connectivity index (χ1) is 9.11. The molecule has 1 heterocycles. The van der Waals surface area contributed by atoms with E-state index in [-0.39, 0.29) is 5.91 Å². The highest BCUT2D eigenvalue weighted by Crippen LogP contribution is 2.21. The number of nitrogen functional groups attached to an aromatic ring is 1. The van der Waals surface area contributed by atoms with Crippen molar-refractivity contribution < 1.29 is 14.3 Å². The van der Waals surface area contributed by atoms with Gasteiger partial charge >= 0.3 is 5.97 Å². The number of nitrogens with one attached hydrogen (secondary N) is 2. The summed E-state index contributed by atoms with van der Waals surface area (Å²) in [6.07, 6.45) is 1.64. The van der Waals surface area contributed by atoms with Crippen molar-refractivity contribution in [2.45, 2.75) is 0 Å². The van der Waals surface area contributed by atoms with Crippen LogP contribution >= 0.6 is 0 Å². The Kier molecular flexibility index (Phi) is 3.51. The molecule has 6 nitrogen and oxygen atoms in total. The molecule has 19 heavy (non-hydrogen) atoms. The van der Waals surface area contributed by atoms with E-state index in [2.05, 4.69) is 15.0 Å². The van der Waals surface area contributed by atoms with Gasteiger partial charge in [-0.2, -0.15) is 0 Å². The highest BCUT2D eigenvalue weighted by atomic mass is 16.5. The minimum Gasteiger partial charge on any atom is -0.465 e. The molecule has 0 radical (unpaired) electrons. The first-order valence-electron chi connectivity index (χ1n) is 5.54. The van der Waals surface area contributed by atoms with Crippen LogP contribution in [0.1, 0.15) is 20.8 Å². The Bertz CT molecular complexity index is 606. The quantitative estimate of drug-likeness (QED) is 0.576. The molecule has 0 saturated heterocycles. The maximum Gasteiger partial charge on any atom is 0.337 e. The van der Waals surface area contributed by atoms with Crippen LogP contribution < -0.4 is 11.1 Å². The Labute approximate surface area is 109 Å². The molecule has 1 aromatic heterocycles. The molecule has 6 heteroatoms. The molecule has 0 fully saturated rings. The van der Waals surface area contributed by atoms with Crippen molar-refractivity contribution in [1.82, 2.24) is 4.98 Å². The maximum atomic E-state index is 11.9. The predicted molar refractivity (Wildman–Crippen MR) is 70.9 cm³/mol. The molecule has 0 aliphatic rings. The van der Waals surface area contributed by atoms with Gasteiger partial charge in [-0.1, -0.05) is 0 Å².